The van der Waals surface area contributed by atoms with Gasteiger partial charge < -0.3 is 9.64 Å². The fraction of sp³-hybridized carbons (Fsp3) is 0.500. The number of hydrogen-bond donors (Lipinski definition) is 0. The van der Waals surface area contributed by atoms with Gasteiger partial charge in [-0.05, 0) is 23.1 Å². The summed E-state index contributed by atoms with van der Waals surface area (Å²) in [5.74, 6) is -1.47. The second-order valence-electron chi connectivity index (χ2n) is 6.18. The van der Waals surface area contributed by atoms with E-state index in [1.165, 1.54) is 7.11 Å². The van der Waals surface area contributed by atoms with E-state index in [0.717, 1.165) is 0 Å². The van der Waals surface area contributed by atoms with Crippen molar-refractivity contribution in [3.8, 4) is 11.8 Å². The van der Waals surface area contributed by atoms with Crippen LogP contribution in [0.3, 0.4) is 0 Å². The van der Waals surface area contributed by atoms with Gasteiger partial charge in [-0.25, -0.2) is 0 Å². The first-order chi connectivity index (χ1) is 10.5. The van der Waals surface area contributed by atoms with Gasteiger partial charge in [-0.15, -0.1) is 0 Å². The lowest BCUT2D eigenvalue weighted by Crippen LogP contribution is -2.50. The Balaban J connectivity index is 3.18. The number of benzene rings is 1. The number of nitrogens with zero attached hydrogens (tertiary/aromatic N) is 2. The summed E-state index contributed by atoms with van der Waals surface area (Å²) < 4.78 is 43.6. The minimum Gasteiger partial charge on any atom is -0.497 e. The summed E-state index contributed by atoms with van der Waals surface area (Å²) in [4.78, 5) is 12.3. The Morgan fingerprint density at radius 2 is 1.78 bits per heavy atom. The molecule has 0 bridgehead atoms. The van der Waals surface area contributed by atoms with Crippen LogP contribution >= 0.6 is 0 Å². The van der Waals surface area contributed by atoms with E-state index in [0.29, 0.717) is 16.2 Å². The highest BCUT2D eigenvalue weighted by Crippen LogP contribution is 2.30. The molecule has 1 aromatic carbocycles. The molecule has 0 aliphatic heterocycles. The molecule has 1 amide bonds. The van der Waals surface area contributed by atoms with E-state index in [9.17, 15) is 23.2 Å². The third-order valence-corrected chi connectivity index (χ3v) is 3.27. The maximum absolute atomic E-state index is 12.9. The van der Waals surface area contributed by atoms with Crippen LogP contribution in [-0.4, -0.2) is 30.1 Å². The Morgan fingerprint density at radius 1 is 1.26 bits per heavy atom. The van der Waals surface area contributed by atoms with Crippen LogP contribution in [0.2, 0.25) is 0 Å². The Morgan fingerprint density at radius 3 is 2.13 bits per heavy atom. The Bertz CT molecular complexity index is 583. The lowest BCUT2D eigenvalue weighted by Gasteiger charge is -2.36. The highest BCUT2D eigenvalue weighted by molar-refractivity contribution is 5.82. The molecule has 0 heterocycles. The first-order valence-electron chi connectivity index (χ1n) is 6.91. The fourth-order valence-electron chi connectivity index (χ4n) is 2.10. The van der Waals surface area contributed by atoms with Gasteiger partial charge in [-0.2, -0.15) is 18.4 Å². The summed E-state index contributed by atoms with van der Waals surface area (Å²) in [5, 5.41) is 9.28. The minimum absolute atomic E-state index is 0.308. The number of rotatable bonds is 4. The fourth-order valence-corrected chi connectivity index (χ4v) is 2.10. The van der Waals surface area contributed by atoms with Gasteiger partial charge in [0, 0.05) is 6.54 Å². The lowest BCUT2D eigenvalue weighted by molar-refractivity contribution is -0.189. The molecular weight excluding hydrogens is 309 g/mol. The minimum atomic E-state index is -5.03. The van der Waals surface area contributed by atoms with Crippen molar-refractivity contribution >= 4 is 5.91 Å². The lowest BCUT2D eigenvalue weighted by atomic mass is 9.86. The monoisotopic (exact) mass is 328 g/mol. The molecule has 0 fully saturated rings. The van der Waals surface area contributed by atoms with Crippen LogP contribution in [0.15, 0.2) is 24.3 Å². The first kappa shape index (κ1) is 18.8. The average Bonchev–Trinajstić information content (AvgIpc) is 2.44. The molecule has 1 atom stereocenters. The highest BCUT2D eigenvalue weighted by atomic mass is 19.4. The second kappa shape index (κ2) is 6.90. The zero-order valence-electron chi connectivity index (χ0n) is 13.4. The first-order valence-corrected chi connectivity index (χ1v) is 6.91. The molecule has 0 aliphatic rings. The maximum atomic E-state index is 12.9. The van der Waals surface area contributed by atoms with Crippen molar-refractivity contribution in [3.63, 3.8) is 0 Å². The van der Waals surface area contributed by atoms with Crippen molar-refractivity contribution in [1.29, 1.82) is 5.26 Å². The van der Waals surface area contributed by atoms with Gasteiger partial charge in [0.05, 0.1) is 13.2 Å². The number of ether oxygens (including phenoxy) is 1. The molecule has 0 aliphatic carbocycles. The Labute approximate surface area is 133 Å². The van der Waals surface area contributed by atoms with Gasteiger partial charge in [-0.3, -0.25) is 4.79 Å². The van der Waals surface area contributed by atoms with Gasteiger partial charge in [0.25, 0.3) is 0 Å². The average molecular weight is 328 g/mol. The van der Waals surface area contributed by atoms with Crippen molar-refractivity contribution < 1.29 is 22.7 Å². The van der Waals surface area contributed by atoms with Gasteiger partial charge in [0.15, 0.2) is 0 Å². The summed E-state index contributed by atoms with van der Waals surface area (Å²) in [7, 11) is 1.47. The van der Waals surface area contributed by atoms with Crippen molar-refractivity contribution in [2.75, 3.05) is 7.11 Å². The summed E-state index contributed by atoms with van der Waals surface area (Å²) in [5.41, 5.74) is -0.338. The maximum Gasteiger partial charge on any atom is 0.471 e. The smallest absolute Gasteiger partial charge is 0.471 e. The van der Waals surface area contributed by atoms with Crippen LogP contribution in [-0.2, 0) is 11.3 Å². The van der Waals surface area contributed by atoms with Crippen molar-refractivity contribution in [3.05, 3.63) is 29.8 Å². The quantitative estimate of drug-likeness (QED) is 0.850. The van der Waals surface area contributed by atoms with Crippen molar-refractivity contribution in [2.24, 2.45) is 5.41 Å². The van der Waals surface area contributed by atoms with Gasteiger partial charge in [0.1, 0.15) is 11.8 Å². The molecule has 0 aromatic heterocycles. The number of amides is 1. The zero-order valence-corrected chi connectivity index (χ0v) is 13.4. The molecule has 1 rings (SSSR count). The van der Waals surface area contributed by atoms with Crippen LogP contribution in [0.4, 0.5) is 13.2 Å². The molecule has 4 nitrogen and oxygen atoms in total. The van der Waals surface area contributed by atoms with Crippen LogP contribution in [0, 0.1) is 16.7 Å². The number of hydrogen-bond acceptors (Lipinski definition) is 3. The number of methoxy groups -OCH3 is 1. The topological polar surface area (TPSA) is 53.3 Å². The van der Waals surface area contributed by atoms with E-state index in [-0.39, 0.29) is 6.54 Å². The molecule has 0 saturated heterocycles. The molecule has 7 heteroatoms. The van der Waals surface area contributed by atoms with Crippen LogP contribution in [0.1, 0.15) is 26.3 Å². The van der Waals surface area contributed by atoms with E-state index in [4.69, 9.17) is 4.74 Å². The Kier molecular flexibility index (Phi) is 5.65. The number of carbonyl (C=O) groups is 1. The molecule has 23 heavy (non-hydrogen) atoms. The third-order valence-electron chi connectivity index (χ3n) is 3.27. The standard InChI is InChI=1S/C16H19F3N2O2/c1-15(2,3)13(9-20)21(14(22)16(17,18)19)10-11-5-7-12(23-4)8-6-11/h5-8,13H,10H2,1-4H3. The SMILES string of the molecule is COc1ccc(CN(C(=O)C(F)(F)F)C(C#N)C(C)(C)C)cc1. The predicted molar refractivity (Wildman–Crippen MR) is 78.5 cm³/mol. The van der Waals surface area contributed by atoms with Crippen LogP contribution in [0.25, 0.3) is 0 Å². The normalized spacial score (nSPS) is 13.1. The second-order valence-corrected chi connectivity index (χ2v) is 6.18. The molecule has 126 valence electrons. The van der Waals surface area contributed by atoms with Gasteiger partial charge >= 0.3 is 12.1 Å². The van der Waals surface area contributed by atoms with Crippen LogP contribution in [0.5, 0.6) is 5.75 Å². The summed E-state index contributed by atoms with van der Waals surface area (Å²) in [6.07, 6.45) is -5.03. The predicted octanol–water partition coefficient (Wildman–Crippen LogP) is 3.52. The van der Waals surface area contributed by atoms with E-state index >= 15 is 0 Å². The molecule has 1 aromatic rings. The summed E-state index contributed by atoms with van der Waals surface area (Å²) in [6.45, 7) is 4.54. The molecule has 0 spiro atoms. The van der Waals surface area contributed by atoms with Gasteiger partial charge in [-0.1, -0.05) is 32.9 Å². The number of alkyl halides is 3. The van der Waals surface area contributed by atoms with Crippen LogP contribution < -0.4 is 4.74 Å². The van der Waals surface area contributed by atoms with E-state index in [1.807, 2.05) is 6.07 Å². The summed E-state index contributed by atoms with van der Waals surface area (Å²) in [6, 6.07) is 6.91. The molecule has 1 unspecified atom stereocenters. The number of nitriles is 1. The van der Waals surface area contributed by atoms with E-state index in [1.54, 1.807) is 45.0 Å². The molecule has 0 radical (unpaired) electrons. The highest BCUT2D eigenvalue weighted by Gasteiger charge is 2.47. The summed E-state index contributed by atoms with van der Waals surface area (Å²) >= 11 is 0. The number of halogens is 3. The Hall–Kier alpha value is -2.23. The van der Waals surface area contributed by atoms with Crippen molar-refractivity contribution in [2.45, 2.75) is 39.5 Å². The van der Waals surface area contributed by atoms with Crippen molar-refractivity contribution in [1.82, 2.24) is 4.90 Å². The van der Waals surface area contributed by atoms with Gasteiger partial charge in [0.2, 0.25) is 0 Å². The van der Waals surface area contributed by atoms with E-state index in [2.05, 4.69) is 0 Å². The number of carbonyl (C=O) groups excluding carboxylic acids is 1. The molecular formula is C16H19F3N2O2. The molecule has 0 N–H and O–H groups in total. The largest absolute Gasteiger partial charge is 0.497 e. The van der Waals surface area contributed by atoms with E-state index < -0.39 is 23.5 Å². The zero-order chi connectivity index (χ0) is 17.8. The molecule has 0 saturated carbocycles. The third kappa shape index (κ3) is 4.88.